The molecule has 0 saturated heterocycles. The summed E-state index contributed by atoms with van der Waals surface area (Å²) in [5.74, 6) is -1.34. The number of H-pyrrole nitrogens is 1. The number of aromatic amines is 1. The van der Waals surface area contributed by atoms with Gasteiger partial charge in [-0.05, 0) is 6.92 Å². The molecule has 5 nitrogen and oxygen atoms in total. The number of alkyl halides is 4. The summed E-state index contributed by atoms with van der Waals surface area (Å²) in [4.78, 5) is 24.9. The van der Waals surface area contributed by atoms with Gasteiger partial charge in [0.15, 0.2) is 5.75 Å². The molecule has 0 spiro atoms. The van der Waals surface area contributed by atoms with E-state index < -0.39 is 30.1 Å². The van der Waals surface area contributed by atoms with E-state index in [0.29, 0.717) is 0 Å². The van der Waals surface area contributed by atoms with Gasteiger partial charge in [-0.1, -0.05) is 15.9 Å². The minimum Gasteiger partial charge on any atom is -0.466 e. The Kier molecular flexibility index (Phi) is 5.61. The highest BCUT2D eigenvalue weighted by Gasteiger charge is 2.34. The molecule has 1 aromatic heterocycles. The van der Waals surface area contributed by atoms with Crippen molar-refractivity contribution in [3.63, 3.8) is 0 Å². The molecule has 1 rings (SSSR count). The van der Waals surface area contributed by atoms with Crippen molar-refractivity contribution in [3.05, 3.63) is 27.7 Å². The smallest absolute Gasteiger partial charge is 0.466 e. The Hall–Kier alpha value is -1.51. The zero-order valence-electron chi connectivity index (χ0n) is 10.3. The predicted octanol–water partition coefficient (Wildman–Crippen LogP) is 2.27. The van der Waals surface area contributed by atoms with E-state index >= 15 is 0 Å². The topological polar surface area (TPSA) is 68.4 Å². The van der Waals surface area contributed by atoms with Crippen LogP contribution in [0.4, 0.5) is 13.2 Å². The fourth-order valence-corrected chi connectivity index (χ4v) is 1.89. The second-order valence-electron chi connectivity index (χ2n) is 3.63. The van der Waals surface area contributed by atoms with Crippen molar-refractivity contribution in [3.8, 4) is 5.75 Å². The highest BCUT2D eigenvalue weighted by atomic mass is 79.9. The Labute approximate surface area is 120 Å². The first kappa shape index (κ1) is 16.5. The average molecular weight is 358 g/mol. The van der Waals surface area contributed by atoms with Gasteiger partial charge in [0, 0.05) is 17.0 Å². The van der Waals surface area contributed by atoms with Gasteiger partial charge in [0.05, 0.1) is 18.7 Å². The number of ether oxygens (including phenoxy) is 2. The Morgan fingerprint density at radius 2 is 2.10 bits per heavy atom. The van der Waals surface area contributed by atoms with Gasteiger partial charge in [0.25, 0.3) is 0 Å². The molecule has 0 saturated carbocycles. The van der Waals surface area contributed by atoms with Crippen LogP contribution < -0.4 is 10.3 Å². The number of hydrogen-bond acceptors (Lipinski definition) is 4. The monoisotopic (exact) mass is 357 g/mol. The molecule has 1 heterocycles. The third-order valence-electron chi connectivity index (χ3n) is 2.14. The molecular weight excluding hydrogens is 347 g/mol. The molecule has 112 valence electrons. The third-order valence-corrected chi connectivity index (χ3v) is 2.70. The quantitative estimate of drug-likeness (QED) is 0.648. The molecule has 1 N–H and O–H groups in total. The van der Waals surface area contributed by atoms with Crippen LogP contribution >= 0.6 is 15.9 Å². The van der Waals surface area contributed by atoms with Crippen molar-refractivity contribution in [2.75, 3.05) is 6.61 Å². The number of esters is 1. The highest BCUT2D eigenvalue weighted by molar-refractivity contribution is 9.08. The van der Waals surface area contributed by atoms with Crippen LogP contribution in [0.5, 0.6) is 5.75 Å². The second-order valence-corrected chi connectivity index (χ2v) is 4.19. The van der Waals surface area contributed by atoms with Crippen LogP contribution in [0.15, 0.2) is 10.9 Å². The predicted molar refractivity (Wildman–Crippen MR) is 66.7 cm³/mol. The first-order valence-corrected chi connectivity index (χ1v) is 6.61. The lowest BCUT2D eigenvalue weighted by atomic mass is 10.1. The summed E-state index contributed by atoms with van der Waals surface area (Å²) < 4.78 is 45.7. The van der Waals surface area contributed by atoms with Gasteiger partial charge in [-0.15, -0.1) is 13.2 Å². The normalized spacial score (nSPS) is 11.2. The third kappa shape index (κ3) is 4.87. The standard InChI is InChI=1S/C11H11BrF3NO4/c1-2-19-9(18)4-6-3-8(17)16-7(5-12)10(6)20-11(13,14)15/h3H,2,4-5H2,1H3,(H,16,17). The Morgan fingerprint density at radius 1 is 1.45 bits per heavy atom. The Balaban J connectivity index is 3.22. The average Bonchev–Trinajstić information content (AvgIpc) is 2.31. The zero-order chi connectivity index (χ0) is 15.3. The van der Waals surface area contributed by atoms with Crippen molar-refractivity contribution in [1.29, 1.82) is 0 Å². The number of carbonyl (C=O) groups excluding carboxylic acids is 1. The van der Waals surface area contributed by atoms with Gasteiger partial charge >= 0.3 is 12.3 Å². The summed E-state index contributed by atoms with van der Waals surface area (Å²) in [6.07, 6.45) is -5.41. The number of carbonyl (C=O) groups is 1. The van der Waals surface area contributed by atoms with Crippen LogP contribution in [0.1, 0.15) is 18.2 Å². The molecule has 0 unspecified atom stereocenters. The van der Waals surface area contributed by atoms with Crippen molar-refractivity contribution < 1.29 is 27.4 Å². The van der Waals surface area contributed by atoms with Gasteiger partial charge in [0.2, 0.25) is 5.56 Å². The van der Waals surface area contributed by atoms with E-state index in [4.69, 9.17) is 0 Å². The highest BCUT2D eigenvalue weighted by Crippen LogP contribution is 2.29. The SMILES string of the molecule is CCOC(=O)Cc1cc(=O)[nH]c(CBr)c1OC(F)(F)F. The molecule has 0 fully saturated rings. The second kappa shape index (κ2) is 6.78. The van der Waals surface area contributed by atoms with Gasteiger partial charge in [-0.25, -0.2) is 0 Å². The van der Waals surface area contributed by atoms with Crippen molar-refractivity contribution in [2.24, 2.45) is 0 Å². The maximum absolute atomic E-state index is 12.4. The molecule has 1 aromatic rings. The molecule has 0 amide bonds. The lowest BCUT2D eigenvalue weighted by molar-refractivity contribution is -0.275. The van der Waals surface area contributed by atoms with Crippen LogP contribution in [-0.2, 0) is 21.3 Å². The van der Waals surface area contributed by atoms with Crippen LogP contribution in [0.3, 0.4) is 0 Å². The molecule has 9 heteroatoms. The van der Waals surface area contributed by atoms with Crippen LogP contribution in [-0.4, -0.2) is 23.9 Å². The molecule has 0 aliphatic carbocycles. The van der Waals surface area contributed by atoms with E-state index in [1.807, 2.05) is 0 Å². The van der Waals surface area contributed by atoms with Crippen LogP contribution in [0, 0.1) is 0 Å². The van der Waals surface area contributed by atoms with Crippen molar-refractivity contribution in [1.82, 2.24) is 4.98 Å². The van der Waals surface area contributed by atoms with Crippen molar-refractivity contribution >= 4 is 21.9 Å². The van der Waals surface area contributed by atoms with Crippen molar-refractivity contribution in [2.45, 2.75) is 25.0 Å². The van der Waals surface area contributed by atoms with E-state index in [1.165, 1.54) is 0 Å². The number of hydrogen-bond donors (Lipinski definition) is 1. The number of rotatable bonds is 5. The molecule has 0 bridgehead atoms. The fourth-order valence-electron chi connectivity index (χ4n) is 1.49. The largest absolute Gasteiger partial charge is 0.573 e. The molecule has 20 heavy (non-hydrogen) atoms. The molecule has 0 aromatic carbocycles. The maximum atomic E-state index is 12.4. The minimum absolute atomic E-state index is 0.0652. The van der Waals surface area contributed by atoms with E-state index in [1.54, 1.807) is 6.92 Å². The Bertz CT molecular complexity index is 541. The molecular formula is C11H11BrF3NO4. The molecule has 0 atom stereocenters. The number of halogens is 4. The van der Waals surface area contributed by atoms with Gasteiger partial charge in [0.1, 0.15) is 0 Å². The number of aromatic nitrogens is 1. The van der Waals surface area contributed by atoms with Crippen LogP contribution in [0.2, 0.25) is 0 Å². The maximum Gasteiger partial charge on any atom is 0.573 e. The first-order valence-electron chi connectivity index (χ1n) is 5.49. The van der Waals surface area contributed by atoms with E-state index in [2.05, 4.69) is 30.4 Å². The lowest BCUT2D eigenvalue weighted by Crippen LogP contribution is -2.23. The Morgan fingerprint density at radius 3 is 2.60 bits per heavy atom. The lowest BCUT2D eigenvalue weighted by Gasteiger charge is -2.15. The molecule has 0 radical (unpaired) electrons. The van der Waals surface area contributed by atoms with Crippen LogP contribution in [0.25, 0.3) is 0 Å². The fraction of sp³-hybridized carbons (Fsp3) is 0.455. The summed E-state index contributed by atoms with van der Waals surface area (Å²) in [7, 11) is 0. The summed E-state index contributed by atoms with van der Waals surface area (Å²) in [6, 6.07) is 0.879. The summed E-state index contributed by atoms with van der Waals surface area (Å²) in [6.45, 7) is 1.65. The van der Waals surface area contributed by atoms with E-state index in [-0.39, 0.29) is 23.2 Å². The summed E-state index contributed by atoms with van der Waals surface area (Å²) in [5, 5.41) is -0.0652. The van der Waals surface area contributed by atoms with E-state index in [0.717, 1.165) is 6.07 Å². The number of pyridine rings is 1. The number of nitrogens with one attached hydrogen (secondary N) is 1. The van der Waals surface area contributed by atoms with Gasteiger partial charge in [-0.2, -0.15) is 0 Å². The van der Waals surface area contributed by atoms with Gasteiger partial charge < -0.3 is 14.5 Å². The van der Waals surface area contributed by atoms with E-state index in [9.17, 15) is 22.8 Å². The molecule has 0 aliphatic rings. The first-order chi connectivity index (χ1) is 9.26. The summed E-state index contributed by atoms with van der Waals surface area (Å²) in [5.41, 5.74) is -0.915. The zero-order valence-corrected chi connectivity index (χ0v) is 11.9. The summed E-state index contributed by atoms with van der Waals surface area (Å²) >= 11 is 2.95. The minimum atomic E-state index is -4.93. The molecule has 0 aliphatic heterocycles. The van der Waals surface area contributed by atoms with Gasteiger partial charge in [-0.3, -0.25) is 9.59 Å².